The van der Waals surface area contributed by atoms with Gasteiger partial charge in [0, 0.05) is 23.7 Å². The lowest BCUT2D eigenvalue weighted by Gasteiger charge is -2.08. The van der Waals surface area contributed by atoms with E-state index in [1.807, 2.05) is 19.1 Å². The van der Waals surface area contributed by atoms with Crippen LogP contribution in [0.3, 0.4) is 0 Å². The molecular formula is C14H17N5. The zero-order chi connectivity index (χ0) is 13.2. The second-order valence-electron chi connectivity index (χ2n) is 4.87. The molecule has 1 aliphatic rings. The third kappa shape index (κ3) is 2.66. The van der Waals surface area contributed by atoms with E-state index < -0.39 is 0 Å². The van der Waals surface area contributed by atoms with Gasteiger partial charge in [-0.15, -0.1) is 0 Å². The second-order valence-corrected chi connectivity index (χ2v) is 4.87. The fourth-order valence-electron chi connectivity index (χ4n) is 2.32. The van der Waals surface area contributed by atoms with E-state index in [1.165, 1.54) is 5.56 Å². The molecule has 1 saturated carbocycles. The van der Waals surface area contributed by atoms with Gasteiger partial charge in [0.05, 0.1) is 0 Å². The summed E-state index contributed by atoms with van der Waals surface area (Å²) >= 11 is 0. The molecule has 5 nitrogen and oxygen atoms in total. The van der Waals surface area contributed by atoms with Gasteiger partial charge in [0.1, 0.15) is 5.82 Å². The van der Waals surface area contributed by atoms with Crippen LogP contribution in [0.25, 0.3) is 0 Å². The van der Waals surface area contributed by atoms with E-state index >= 15 is 0 Å². The molecule has 1 heterocycles. The number of nitrogens with one attached hydrogen (secondary N) is 2. The Kier molecular flexibility index (Phi) is 3.05. The van der Waals surface area contributed by atoms with E-state index in [4.69, 9.17) is 5.84 Å². The number of rotatable bonds is 4. The number of benzene rings is 1. The zero-order valence-electron chi connectivity index (χ0n) is 10.8. The smallest absolute Gasteiger partial charge is 0.239 e. The van der Waals surface area contributed by atoms with Crippen LogP contribution in [-0.4, -0.2) is 16.0 Å². The molecule has 0 spiro atoms. The number of hydrazine groups is 1. The molecule has 98 valence electrons. The van der Waals surface area contributed by atoms with Gasteiger partial charge in [0.25, 0.3) is 0 Å². The van der Waals surface area contributed by atoms with Gasteiger partial charge in [-0.25, -0.2) is 10.8 Å². The molecule has 1 aliphatic carbocycles. The number of nitrogens with zero attached hydrogens (tertiary/aromatic N) is 2. The Bertz CT molecular complexity index is 569. The molecule has 0 bridgehead atoms. The summed E-state index contributed by atoms with van der Waals surface area (Å²) in [5, 5.41) is 3.43. The summed E-state index contributed by atoms with van der Waals surface area (Å²) in [6, 6.07) is 12.9. The molecule has 1 fully saturated rings. The van der Waals surface area contributed by atoms with Crippen molar-refractivity contribution >= 4 is 11.8 Å². The van der Waals surface area contributed by atoms with Crippen LogP contribution in [-0.2, 0) is 0 Å². The Hall–Kier alpha value is -2.14. The fraction of sp³-hybridized carbons (Fsp3) is 0.286. The average molecular weight is 255 g/mol. The molecule has 4 N–H and O–H groups in total. The van der Waals surface area contributed by atoms with Crippen molar-refractivity contribution in [2.45, 2.75) is 25.3 Å². The number of aryl methyl sites for hydroxylation is 1. The van der Waals surface area contributed by atoms with Gasteiger partial charge in [0.15, 0.2) is 0 Å². The minimum atomic E-state index is 0.444. The van der Waals surface area contributed by atoms with E-state index in [1.54, 1.807) is 0 Å². The monoisotopic (exact) mass is 255 g/mol. The van der Waals surface area contributed by atoms with Crippen molar-refractivity contribution in [3.05, 3.63) is 47.7 Å². The molecule has 0 radical (unpaired) electrons. The maximum Gasteiger partial charge on any atom is 0.239 e. The zero-order valence-corrected chi connectivity index (χ0v) is 10.8. The van der Waals surface area contributed by atoms with Crippen molar-refractivity contribution in [2.75, 3.05) is 10.7 Å². The first kappa shape index (κ1) is 11.9. The van der Waals surface area contributed by atoms with Crippen molar-refractivity contribution in [3.8, 4) is 0 Å². The molecule has 0 amide bonds. The molecule has 2 aromatic rings. The van der Waals surface area contributed by atoms with Crippen LogP contribution in [0.1, 0.15) is 23.6 Å². The number of hydrogen-bond acceptors (Lipinski definition) is 5. The van der Waals surface area contributed by atoms with Crippen LogP contribution < -0.4 is 16.6 Å². The van der Waals surface area contributed by atoms with Gasteiger partial charge in [-0.1, -0.05) is 30.3 Å². The highest BCUT2D eigenvalue weighted by Crippen LogP contribution is 2.42. The number of nitrogens with two attached hydrogens (primary N) is 1. The number of aromatic nitrogens is 2. The minimum absolute atomic E-state index is 0.444. The van der Waals surface area contributed by atoms with E-state index in [0.717, 1.165) is 17.9 Å². The van der Waals surface area contributed by atoms with E-state index in [0.29, 0.717) is 17.9 Å². The van der Waals surface area contributed by atoms with Crippen molar-refractivity contribution in [2.24, 2.45) is 5.84 Å². The molecular weight excluding hydrogens is 238 g/mol. The lowest BCUT2D eigenvalue weighted by molar-refractivity contribution is 1.01. The van der Waals surface area contributed by atoms with E-state index in [9.17, 15) is 0 Å². The Labute approximate surface area is 112 Å². The lowest BCUT2D eigenvalue weighted by atomic mass is 10.1. The predicted octanol–water partition coefficient (Wildman–Crippen LogP) is 2.04. The number of hydrogen-bond donors (Lipinski definition) is 3. The SMILES string of the molecule is Cc1cc(NC2CC2c2ccccc2)nc(NN)n1. The Balaban J connectivity index is 1.69. The van der Waals surface area contributed by atoms with Crippen LogP contribution in [0.4, 0.5) is 11.8 Å². The minimum Gasteiger partial charge on any atom is -0.367 e. The van der Waals surface area contributed by atoms with Gasteiger partial charge in [0.2, 0.25) is 5.95 Å². The quantitative estimate of drug-likeness (QED) is 0.576. The summed E-state index contributed by atoms with van der Waals surface area (Å²) < 4.78 is 0. The third-order valence-corrected chi connectivity index (χ3v) is 3.33. The van der Waals surface area contributed by atoms with Gasteiger partial charge < -0.3 is 5.32 Å². The number of nitrogen functional groups attached to an aromatic ring is 1. The van der Waals surface area contributed by atoms with Crippen LogP contribution in [0.15, 0.2) is 36.4 Å². The molecule has 19 heavy (non-hydrogen) atoms. The predicted molar refractivity (Wildman–Crippen MR) is 75.8 cm³/mol. The fourth-order valence-corrected chi connectivity index (χ4v) is 2.32. The molecule has 1 aromatic carbocycles. The summed E-state index contributed by atoms with van der Waals surface area (Å²) in [4.78, 5) is 8.47. The highest BCUT2D eigenvalue weighted by molar-refractivity contribution is 5.45. The molecule has 1 aromatic heterocycles. The molecule has 0 saturated heterocycles. The van der Waals surface area contributed by atoms with Crippen molar-refractivity contribution < 1.29 is 0 Å². The van der Waals surface area contributed by atoms with Crippen molar-refractivity contribution in [3.63, 3.8) is 0 Å². The van der Waals surface area contributed by atoms with Gasteiger partial charge >= 0.3 is 0 Å². The van der Waals surface area contributed by atoms with Gasteiger partial charge in [-0.05, 0) is 18.9 Å². The summed E-state index contributed by atoms with van der Waals surface area (Å²) in [5.41, 5.74) is 4.75. The topological polar surface area (TPSA) is 75.9 Å². The summed E-state index contributed by atoms with van der Waals surface area (Å²) in [5.74, 6) is 7.19. The van der Waals surface area contributed by atoms with Crippen LogP contribution >= 0.6 is 0 Å². The first-order valence-corrected chi connectivity index (χ1v) is 6.40. The van der Waals surface area contributed by atoms with E-state index in [2.05, 4.69) is 45.0 Å². The normalized spacial score (nSPS) is 20.9. The van der Waals surface area contributed by atoms with E-state index in [-0.39, 0.29) is 0 Å². The van der Waals surface area contributed by atoms with Crippen molar-refractivity contribution in [1.82, 2.24) is 9.97 Å². The maximum absolute atomic E-state index is 5.35. The molecule has 5 heteroatoms. The van der Waals surface area contributed by atoms with Crippen molar-refractivity contribution in [1.29, 1.82) is 0 Å². The standard InChI is InChI=1S/C14H17N5/c1-9-7-13(18-14(16-9)19-15)17-12-8-11(12)10-5-3-2-4-6-10/h2-7,11-12H,8,15H2,1H3,(H2,16,17,18,19). The second kappa shape index (κ2) is 4.85. The first-order chi connectivity index (χ1) is 9.26. The largest absolute Gasteiger partial charge is 0.367 e. The molecule has 0 aliphatic heterocycles. The average Bonchev–Trinajstić information content (AvgIpc) is 3.18. The highest BCUT2D eigenvalue weighted by Gasteiger charge is 2.38. The number of anilines is 2. The Morgan fingerprint density at radius 2 is 2.00 bits per heavy atom. The lowest BCUT2D eigenvalue weighted by Crippen LogP contribution is -2.13. The van der Waals surface area contributed by atoms with Crippen LogP contribution in [0.5, 0.6) is 0 Å². The summed E-state index contributed by atoms with van der Waals surface area (Å²) in [6.45, 7) is 1.93. The maximum atomic E-state index is 5.35. The van der Waals surface area contributed by atoms with Crippen LogP contribution in [0, 0.1) is 6.92 Å². The third-order valence-electron chi connectivity index (χ3n) is 3.33. The first-order valence-electron chi connectivity index (χ1n) is 6.40. The Morgan fingerprint density at radius 3 is 2.74 bits per heavy atom. The van der Waals surface area contributed by atoms with Gasteiger partial charge in [-0.3, -0.25) is 5.43 Å². The molecule has 2 unspecified atom stereocenters. The molecule has 3 rings (SSSR count). The Morgan fingerprint density at radius 1 is 1.21 bits per heavy atom. The van der Waals surface area contributed by atoms with Crippen LogP contribution in [0.2, 0.25) is 0 Å². The van der Waals surface area contributed by atoms with Gasteiger partial charge in [-0.2, -0.15) is 4.98 Å². The summed E-state index contributed by atoms with van der Waals surface area (Å²) in [7, 11) is 0. The molecule has 2 atom stereocenters. The highest BCUT2D eigenvalue weighted by atomic mass is 15.3. The summed E-state index contributed by atoms with van der Waals surface area (Å²) in [6.07, 6.45) is 1.14.